The van der Waals surface area contributed by atoms with E-state index in [0.717, 1.165) is 13.1 Å². The Morgan fingerprint density at radius 1 is 1.50 bits per heavy atom. The van der Waals surface area contributed by atoms with Crippen molar-refractivity contribution in [1.82, 2.24) is 9.80 Å². The van der Waals surface area contributed by atoms with Crippen molar-refractivity contribution in [3.8, 4) is 0 Å². The maximum Gasteiger partial charge on any atom is 0.314 e. The molecule has 0 saturated carbocycles. The van der Waals surface area contributed by atoms with Crippen molar-refractivity contribution < 1.29 is 4.79 Å². The zero-order valence-corrected chi connectivity index (χ0v) is 7.62. The van der Waals surface area contributed by atoms with Gasteiger partial charge in [-0.05, 0) is 25.9 Å². The van der Waals surface area contributed by atoms with Gasteiger partial charge in [-0.25, -0.2) is 4.79 Å². The van der Waals surface area contributed by atoms with Crippen LogP contribution in [0.4, 0.5) is 4.79 Å². The fraction of sp³-hybridized carbons (Fsp3) is 0.875. The molecule has 2 N–H and O–H groups in total. The minimum Gasteiger partial charge on any atom is -0.351 e. The average Bonchev–Trinajstić information content (AvgIpc) is 2.51. The molecule has 0 aromatic rings. The molecule has 1 saturated heterocycles. The molecule has 0 aromatic carbocycles. The molecular weight excluding hydrogens is 154 g/mol. The summed E-state index contributed by atoms with van der Waals surface area (Å²) >= 11 is 0. The number of nitrogens with zero attached hydrogens (tertiary/aromatic N) is 2. The van der Waals surface area contributed by atoms with Gasteiger partial charge in [-0.1, -0.05) is 0 Å². The molecule has 0 unspecified atom stereocenters. The SMILES string of the molecule is CN(CCN1CCCC1)C(N)=O. The third-order valence-electron chi connectivity index (χ3n) is 2.33. The molecule has 0 spiro atoms. The maximum atomic E-state index is 10.6. The molecule has 1 aliphatic rings. The lowest BCUT2D eigenvalue weighted by Gasteiger charge is -2.19. The summed E-state index contributed by atoms with van der Waals surface area (Å²) < 4.78 is 0. The molecule has 1 fully saturated rings. The normalized spacial score (nSPS) is 18.1. The predicted octanol–water partition coefficient (Wildman–Crippen LogP) is 0.0927. The van der Waals surface area contributed by atoms with Gasteiger partial charge in [0, 0.05) is 20.1 Å². The van der Waals surface area contributed by atoms with Gasteiger partial charge in [0.1, 0.15) is 0 Å². The molecule has 1 aliphatic heterocycles. The minimum absolute atomic E-state index is 0.339. The van der Waals surface area contributed by atoms with E-state index in [1.54, 1.807) is 11.9 Å². The number of carbonyl (C=O) groups is 1. The fourth-order valence-corrected chi connectivity index (χ4v) is 1.41. The van der Waals surface area contributed by atoms with Gasteiger partial charge in [-0.2, -0.15) is 0 Å². The first-order chi connectivity index (χ1) is 5.70. The number of hydrogen-bond acceptors (Lipinski definition) is 2. The highest BCUT2D eigenvalue weighted by molar-refractivity contribution is 5.71. The van der Waals surface area contributed by atoms with E-state index in [1.165, 1.54) is 25.9 Å². The number of amides is 2. The van der Waals surface area contributed by atoms with Gasteiger partial charge in [0.2, 0.25) is 0 Å². The van der Waals surface area contributed by atoms with Crippen molar-refractivity contribution >= 4 is 6.03 Å². The van der Waals surface area contributed by atoms with Gasteiger partial charge in [0.05, 0.1) is 0 Å². The number of hydrogen-bond donors (Lipinski definition) is 1. The minimum atomic E-state index is -0.339. The van der Waals surface area contributed by atoms with Gasteiger partial charge < -0.3 is 15.5 Å². The molecule has 12 heavy (non-hydrogen) atoms. The Bertz CT molecular complexity index is 154. The van der Waals surface area contributed by atoms with Crippen molar-refractivity contribution in [3.63, 3.8) is 0 Å². The molecule has 0 aromatic heterocycles. The second-order valence-corrected chi connectivity index (χ2v) is 3.31. The lowest BCUT2D eigenvalue weighted by Crippen LogP contribution is -2.38. The van der Waals surface area contributed by atoms with Gasteiger partial charge in [-0.15, -0.1) is 0 Å². The molecule has 0 bridgehead atoms. The molecule has 0 aliphatic carbocycles. The first-order valence-electron chi connectivity index (χ1n) is 4.43. The summed E-state index contributed by atoms with van der Waals surface area (Å²) in [7, 11) is 1.73. The largest absolute Gasteiger partial charge is 0.351 e. The van der Waals surface area contributed by atoms with Crippen LogP contribution in [0.5, 0.6) is 0 Å². The Kier molecular flexibility index (Phi) is 3.34. The highest BCUT2D eigenvalue weighted by Gasteiger charge is 2.12. The van der Waals surface area contributed by atoms with Crippen LogP contribution in [-0.4, -0.2) is 49.1 Å². The fourth-order valence-electron chi connectivity index (χ4n) is 1.41. The quantitative estimate of drug-likeness (QED) is 0.654. The van der Waals surface area contributed by atoms with E-state index < -0.39 is 0 Å². The van der Waals surface area contributed by atoms with Crippen LogP contribution in [0.25, 0.3) is 0 Å². The number of urea groups is 1. The lowest BCUT2D eigenvalue weighted by molar-refractivity contribution is 0.209. The Labute approximate surface area is 73.3 Å². The molecule has 2 amide bonds. The number of carbonyl (C=O) groups excluding carboxylic acids is 1. The Morgan fingerprint density at radius 3 is 2.58 bits per heavy atom. The maximum absolute atomic E-state index is 10.6. The number of rotatable bonds is 3. The predicted molar refractivity (Wildman–Crippen MR) is 47.9 cm³/mol. The molecule has 1 heterocycles. The first-order valence-corrected chi connectivity index (χ1v) is 4.43. The van der Waals surface area contributed by atoms with E-state index in [9.17, 15) is 4.79 Å². The summed E-state index contributed by atoms with van der Waals surface area (Å²) in [4.78, 5) is 14.5. The van der Waals surface area contributed by atoms with E-state index in [4.69, 9.17) is 5.73 Å². The van der Waals surface area contributed by atoms with Gasteiger partial charge in [-0.3, -0.25) is 0 Å². The topological polar surface area (TPSA) is 49.6 Å². The van der Waals surface area contributed by atoms with Crippen LogP contribution in [0.2, 0.25) is 0 Å². The summed E-state index contributed by atoms with van der Waals surface area (Å²) in [6, 6.07) is -0.339. The molecule has 4 heteroatoms. The van der Waals surface area contributed by atoms with Crippen molar-refractivity contribution in [2.45, 2.75) is 12.8 Å². The molecule has 0 atom stereocenters. The first kappa shape index (κ1) is 9.32. The highest BCUT2D eigenvalue weighted by atomic mass is 16.2. The third kappa shape index (κ3) is 2.70. The lowest BCUT2D eigenvalue weighted by atomic mass is 10.4. The van der Waals surface area contributed by atoms with Crippen LogP contribution in [0.3, 0.4) is 0 Å². The Hall–Kier alpha value is -0.770. The van der Waals surface area contributed by atoms with Gasteiger partial charge >= 0.3 is 6.03 Å². The summed E-state index contributed by atoms with van der Waals surface area (Å²) in [6.45, 7) is 4.05. The molecule has 1 rings (SSSR count). The summed E-state index contributed by atoms with van der Waals surface area (Å²) in [6.07, 6.45) is 2.58. The molecule has 4 nitrogen and oxygen atoms in total. The summed E-state index contributed by atoms with van der Waals surface area (Å²) in [5.74, 6) is 0. The Balaban J connectivity index is 2.11. The zero-order valence-electron chi connectivity index (χ0n) is 7.62. The van der Waals surface area contributed by atoms with E-state index in [-0.39, 0.29) is 6.03 Å². The third-order valence-corrected chi connectivity index (χ3v) is 2.33. The van der Waals surface area contributed by atoms with E-state index in [1.807, 2.05) is 0 Å². The number of primary amides is 1. The van der Waals surface area contributed by atoms with Crippen LogP contribution in [-0.2, 0) is 0 Å². The van der Waals surface area contributed by atoms with Gasteiger partial charge in [0.15, 0.2) is 0 Å². The van der Waals surface area contributed by atoms with Crippen molar-refractivity contribution in [2.75, 3.05) is 33.2 Å². The van der Waals surface area contributed by atoms with Crippen molar-refractivity contribution in [1.29, 1.82) is 0 Å². The molecule has 70 valence electrons. The van der Waals surface area contributed by atoms with Crippen LogP contribution < -0.4 is 5.73 Å². The monoisotopic (exact) mass is 171 g/mol. The van der Waals surface area contributed by atoms with Crippen LogP contribution in [0, 0.1) is 0 Å². The smallest absolute Gasteiger partial charge is 0.314 e. The van der Waals surface area contributed by atoms with Crippen molar-refractivity contribution in [3.05, 3.63) is 0 Å². The van der Waals surface area contributed by atoms with Crippen LogP contribution in [0.15, 0.2) is 0 Å². The standard InChI is InChI=1S/C8H17N3O/c1-10(8(9)12)6-7-11-4-2-3-5-11/h2-7H2,1H3,(H2,9,12). The number of likely N-dealkylation sites (N-methyl/N-ethyl adjacent to an activating group) is 1. The Morgan fingerprint density at radius 2 is 2.08 bits per heavy atom. The average molecular weight is 171 g/mol. The molecular formula is C8H17N3O. The second kappa shape index (κ2) is 4.30. The van der Waals surface area contributed by atoms with E-state index in [2.05, 4.69) is 4.90 Å². The summed E-state index contributed by atoms with van der Waals surface area (Å²) in [5.41, 5.74) is 5.09. The summed E-state index contributed by atoms with van der Waals surface area (Å²) in [5, 5.41) is 0. The van der Waals surface area contributed by atoms with Crippen LogP contribution in [0.1, 0.15) is 12.8 Å². The zero-order chi connectivity index (χ0) is 8.97. The van der Waals surface area contributed by atoms with Crippen LogP contribution >= 0.6 is 0 Å². The van der Waals surface area contributed by atoms with E-state index in [0.29, 0.717) is 0 Å². The number of nitrogens with two attached hydrogens (primary N) is 1. The van der Waals surface area contributed by atoms with E-state index >= 15 is 0 Å². The number of likely N-dealkylation sites (tertiary alicyclic amines) is 1. The van der Waals surface area contributed by atoms with Crippen molar-refractivity contribution in [2.24, 2.45) is 5.73 Å². The highest BCUT2D eigenvalue weighted by Crippen LogP contribution is 2.06. The molecule has 0 radical (unpaired) electrons. The van der Waals surface area contributed by atoms with Gasteiger partial charge in [0.25, 0.3) is 0 Å². The second-order valence-electron chi connectivity index (χ2n) is 3.31.